The van der Waals surface area contributed by atoms with E-state index in [-0.39, 0.29) is 17.9 Å². The highest BCUT2D eigenvalue weighted by Crippen LogP contribution is 2.19. The van der Waals surface area contributed by atoms with Crippen LogP contribution in [0.3, 0.4) is 0 Å². The largest absolute Gasteiger partial charge is 0.465 e. The summed E-state index contributed by atoms with van der Waals surface area (Å²) >= 11 is 0. The molecule has 0 radical (unpaired) electrons. The molecule has 3 rings (SSSR count). The molecule has 0 bridgehead atoms. The number of likely N-dealkylation sites (tertiary alicyclic amines) is 1. The van der Waals surface area contributed by atoms with Crippen molar-refractivity contribution in [1.82, 2.24) is 15.2 Å². The minimum absolute atomic E-state index is 0.0142. The number of ether oxygens (including phenoxy) is 1. The van der Waals surface area contributed by atoms with Crippen molar-refractivity contribution in [3.05, 3.63) is 59.8 Å². The van der Waals surface area contributed by atoms with Crippen molar-refractivity contribution >= 4 is 17.7 Å². The van der Waals surface area contributed by atoms with E-state index in [2.05, 4.69) is 20.5 Å². The lowest BCUT2D eigenvalue weighted by molar-refractivity contribution is -0.125. The molecule has 7 heteroatoms. The standard InChI is InChI=1S/C22H28N4O3/c1-16(21(27)25-13-17-6-8-19(9-7-17)22(28)29-2)26-12-10-18(15-26)14-24-20-5-3-4-11-23-20/h3-9,11,16,18H,10,12-15H2,1-2H3,(H,23,24)(H,25,27). The molecule has 1 saturated heterocycles. The predicted molar refractivity (Wildman–Crippen MR) is 111 cm³/mol. The van der Waals surface area contributed by atoms with Crippen LogP contribution >= 0.6 is 0 Å². The molecule has 1 aliphatic heterocycles. The summed E-state index contributed by atoms with van der Waals surface area (Å²) in [5, 5.41) is 6.36. The van der Waals surface area contributed by atoms with Crippen molar-refractivity contribution < 1.29 is 14.3 Å². The Labute approximate surface area is 171 Å². The topological polar surface area (TPSA) is 83.6 Å². The van der Waals surface area contributed by atoms with Gasteiger partial charge in [-0.05, 0) is 55.6 Å². The number of nitrogens with one attached hydrogen (secondary N) is 2. The number of rotatable bonds is 8. The van der Waals surface area contributed by atoms with E-state index in [1.54, 1.807) is 18.3 Å². The summed E-state index contributed by atoms with van der Waals surface area (Å²) < 4.78 is 4.69. The lowest BCUT2D eigenvalue weighted by Crippen LogP contribution is -2.44. The SMILES string of the molecule is COC(=O)c1ccc(CNC(=O)C(C)N2CCC(CNc3ccccn3)C2)cc1. The van der Waals surface area contributed by atoms with Gasteiger partial charge >= 0.3 is 5.97 Å². The summed E-state index contributed by atoms with van der Waals surface area (Å²) in [7, 11) is 1.36. The molecule has 2 N–H and O–H groups in total. The molecule has 2 atom stereocenters. The zero-order valence-electron chi connectivity index (χ0n) is 16.9. The van der Waals surface area contributed by atoms with Crippen LogP contribution in [0.4, 0.5) is 5.82 Å². The molecule has 2 heterocycles. The maximum atomic E-state index is 12.6. The number of pyridine rings is 1. The molecule has 1 fully saturated rings. The summed E-state index contributed by atoms with van der Waals surface area (Å²) in [6.07, 6.45) is 2.84. The Morgan fingerprint density at radius 2 is 2.03 bits per heavy atom. The number of esters is 1. The monoisotopic (exact) mass is 396 g/mol. The molecule has 1 aromatic heterocycles. The highest BCUT2D eigenvalue weighted by Gasteiger charge is 2.29. The van der Waals surface area contributed by atoms with Crippen LogP contribution in [-0.2, 0) is 16.1 Å². The number of methoxy groups -OCH3 is 1. The van der Waals surface area contributed by atoms with Gasteiger partial charge in [0.05, 0.1) is 18.7 Å². The van der Waals surface area contributed by atoms with Crippen LogP contribution < -0.4 is 10.6 Å². The smallest absolute Gasteiger partial charge is 0.337 e. The molecule has 1 aromatic carbocycles. The van der Waals surface area contributed by atoms with Gasteiger partial charge in [0, 0.05) is 25.8 Å². The van der Waals surface area contributed by atoms with Crippen molar-refractivity contribution in [2.75, 3.05) is 32.1 Å². The fraction of sp³-hybridized carbons (Fsp3) is 0.409. The van der Waals surface area contributed by atoms with Gasteiger partial charge in [-0.3, -0.25) is 9.69 Å². The fourth-order valence-electron chi connectivity index (χ4n) is 3.48. The highest BCUT2D eigenvalue weighted by atomic mass is 16.5. The maximum Gasteiger partial charge on any atom is 0.337 e. The Kier molecular flexibility index (Phi) is 7.19. The molecule has 1 amide bonds. The van der Waals surface area contributed by atoms with E-state index in [0.717, 1.165) is 37.4 Å². The fourth-order valence-corrected chi connectivity index (χ4v) is 3.48. The lowest BCUT2D eigenvalue weighted by atomic mass is 10.1. The molecule has 1 aliphatic rings. The van der Waals surface area contributed by atoms with Crippen molar-refractivity contribution in [1.29, 1.82) is 0 Å². The minimum Gasteiger partial charge on any atom is -0.465 e. The molecule has 0 saturated carbocycles. The maximum absolute atomic E-state index is 12.6. The van der Waals surface area contributed by atoms with E-state index in [9.17, 15) is 9.59 Å². The van der Waals surface area contributed by atoms with Gasteiger partial charge in [0.2, 0.25) is 5.91 Å². The van der Waals surface area contributed by atoms with Gasteiger partial charge in [-0.25, -0.2) is 9.78 Å². The third kappa shape index (κ3) is 5.77. The molecule has 2 aromatic rings. The summed E-state index contributed by atoms with van der Waals surface area (Å²) in [5.41, 5.74) is 1.44. The van der Waals surface area contributed by atoms with E-state index in [1.165, 1.54) is 7.11 Å². The summed E-state index contributed by atoms with van der Waals surface area (Å²) in [6, 6.07) is 12.7. The minimum atomic E-state index is -0.365. The van der Waals surface area contributed by atoms with Crippen LogP contribution in [0.1, 0.15) is 29.3 Å². The van der Waals surface area contributed by atoms with E-state index in [4.69, 9.17) is 4.74 Å². The number of aromatic nitrogens is 1. The number of carbonyl (C=O) groups excluding carboxylic acids is 2. The average molecular weight is 396 g/mol. The van der Waals surface area contributed by atoms with Gasteiger partial charge in [0.25, 0.3) is 0 Å². The van der Waals surface area contributed by atoms with Gasteiger partial charge in [-0.1, -0.05) is 18.2 Å². The van der Waals surface area contributed by atoms with Crippen molar-refractivity contribution in [3.63, 3.8) is 0 Å². The number of nitrogens with zero attached hydrogens (tertiary/aromatic N) is 2. The number of benzene rings is 1. The van der Waals surface area contributed by atoms with E-state index >= 15 is 0 Å². The van der Waals surface area contributed by atoms with Gasteiger partial charge < -0.3 is 15.4 Å². The van der Waals surface area contributed by atoms with Crippen molar-refractivity contribution in [3.8, 4) is 0 Å². The lowest BCUT2D eigenvalue weighted by Gasteiger charge is -2.23. The Morgan fingerprint density at radius 1 is 1.24 bits per heavy atom. The molecule has 29 heavy (non-hydrogen) atoms. The zero-order chi connectivity index (χ0) is 20.6. The first-order valence-electron chi connectivity index (χ1n) is 9.90. The second-order valence-corrected chi connectivity index (χ2v) is 7.33. The van der Waals surface area contributed by atoms with Crippen molar-refractivity contribution in [2.45, 2.75) is 25.9 Å². The second-order valence-electron chi connectivity index (χ2n) is 7.33. The molecule has 7 nitrogen and oxygen atoms in total. The summed E-state index contributed by atoms with van der Waals surface area (Å²) in [6.45, 7) is 5.04. The number of anilines is 1. The van der Waals surface area contributed by atoms with Gasteiger partial charge in [0.15, 0.2) is 0 Å². The molecule has 0 spiro atoms. The first-order chi connectivity index (χ1) is 14.1. The third-order valence-electron chi connectivity index (χ3n) is 5.32. The van der Waals surface area contributed by atoms with E-state index < -0.39 is 0 Å². The van der Waals surface area contributed by atoms with Crippen LogP contribution in [0.25, 0.3) is 0 Å². The van der Waals surface area contributed by atoms with Gasteiger partial charge in [0.1, 0.15) is 5.82 Å². The molecule has 0 aliphatic carbocycles. The molecule has 154 valence electrons. The Balaban J connectivity index is 1.42. The van der Waals surface area contributed by atoms with Crippen LogP contribution in [0.2, 0.25) is 0 Å². The predicted octanol–water partition coefficient (Wildman–Crippen LogP) is 2.31. The number of amides is 1. The van der Waals surface area contributed by atoms with Crippen LogP contribution in [0.15, 0.2) is 48.7 Å². The van der Waals surface area contributed by atoms with Gasteiger partial charge in [-0.15, -0.1) is 0 Å². The second kappa shape index (κ2) is 10.0. The van der Waals surface area contributed by atoms with Crippen LogP contribution in [-0.4, -0.2) is 54.5 Å². The Bertz CT molecular complexity index is 811. The van der Waals surface area contributed by atoms with Gasteiger partial charge in [-0.2, -0.15) is 0 Å². The Morgan fingerprint density at radius 3 is 2.72 bits per heavy atom. The number of hydrogen-bond donors (Lipinski definition) is 2. The van der Waals surface area contributed by atoms with Crippen molar-refractivity contribution in [2.24, 2.45) is 5.92 Å². The first-order valence-corrected chi connectivity index (χ1v) is 9.90. The molecular formula is C22H28N4O3. The molecular weight excluding hydrogens is 368 g/mol. The normalized spacial score (nSPS) is 17.5. The average Bonchev–Trinajstić information content (AvgIpc) is 3.25. The number of carbonyl (C=O) groups is 2. The van der Waals surface area contributed by atoms with E-state index in [1.807, 2.05) is 37.3 Å². The quantitative estimate of drug-likeness (QED) is 0.666. The van der Waals surface area contributed by atoms with Crippen LogP contribution in [0, 0.1) is 5.92 Å². The third-order valence-corrected chi connectivity index (χ3v) is 5.32. The van der Waals surface area contributed by atoms with Crippen LogP contribution in [0.5, 0.6) is 0 Å². The molecule has 2 unspecified atom stereocenters. The first kappa shape index (κ1) is 20.8. The van der Waals surface area contributed by atoms with E-state index in [0.29, 0.717) is 18.0 Å². The number of hydrogen-bond acceptors (Lipinski definition) is 6. The Hall–Kier alpha value is -2.93. The summed E-state index contributed by atoms with van der Waals surface area (Å²) in [5.74, 6) is 1.03. The zero-order valence-corrected chi connectivity index (χ0v) is 16.9. The highest BCUT2D eigenvalue weighted by molar-refractivity contribution is 5.89. The summed E-state index contributed by atoms with van der Waals surface area (Å²) in [4.78, 5) is 30.5.